The summed E-state index contributed by atoms with van der Waals surface area (Å²) in [7, 11) is -3.94. The van der Waals surface area contributed by atoms with Crippen molar-refractivity contribution in [3.8, 4) is 0 Å². The van der Waals surface area contributed by atoms with Crippen LogP contribution in [0, 0.1) is 0 Å². The number of benzene rings is 2. The van der Waals surface area contributed by atoms with Crippen LogP contribution in [0.2, 0.25) is 10.0 Å². The normalized spacial score (nSPS) is 11.2. The second kappa shape index (κ2) is 6.03. The van der Waals surface area contributed by atoms with Gasteiger partial charge in [0.25, 0.3) is 5.91 Å². The molecular formula is C13H10Cl2N2O3S. The van der Waals surface area contributed by atoms with Gasteiger partial charge in [0.15, 0.2) is 0 Å². The van der Waals surface area contributed by atoms with Gasteiger partial charge in [-0.15, -0.1) is 0 Å². The zero-order chi connectivity index (χ0) is 15.6. The highest BCUT2D eigenvalue weighted by atomic mass is 35.5. The van der Waals surface area contributed by atoms with Crippen LogP contribution in [0.3, 0.4) is 0 Å². The van der Waals surface area contributed by atoms with E-state index in [4.69, 9.17) is 28.3 Å². The summed E-state index contributed by atoms with van der Waals surface area (Å²) in [5.41, 5.74) is 0.290. The average Bonchev–Trinajstić information content (AvgIpc) is 2.37. The maximum absolute atomic E-state index is 12.1. The molecule has 0 unspecified atom stereocenters. The van der Waals surface area contributed by atoms with Gasteiger partial charge >= 0.3 is 0 Å². The van der Waals surface area contributed by atoms with E-state index in [1.165, 1.54) is 36.4 Å². The lowest BCUT2D eigenvalue weighted by Gasteiger charge is -2.10. The Morgan fingerprint density at radius 2 is 1.62 bits per heavy atom. The minimum Gasteiger partial charge on any atom is -0.321 e. The second-order valence-corrected chi connectivity index (χ2v) is 6.56. The van der Waals surface area contributed by atoms with Crippen molar-refractivity contribution in [2.75, 3.05) is 5.32 Å². The molecule has 0 spiro atoms. The molecule has 2 aromatic carbocycles. The molecule has 0 saturated heterocycles. The van der Waals surface area contributed by atoms with Gasteiger partial charge in [0.05, 0.1) is 5.69 Å². The number of nitrogens with one attached hydrogen (secondary N) is 1. The predicted octanol–water partition coefficient (Wildman–Crippen LogP) is 2.89. The first-order chi connectivity index (χ1) is 9.77. The molecule has 0 radical (unpaired) electrons. The molecule has 1 amide bonds. The minimum atomic E-state index is -3.94. The molecule has 110 valence electrons. The monoisotopic (exact) mass is 344 g/mol. The van der Waals surface area contributed by atoms with Crippen molar-refractivity contribution in [1.82, 2.24) is 0 Å². The van der Waals surface area contributed by atoms with E-state index in [2.05, 4.69) is 5.32 Å². The van der Waals surface area contributed by atoms with Crippen LogP contribution in [-0.2, 0) is 10.0 Å². The van der Waals surface area contributed by atoms with E-state index >= 15 is 0 Å². The Morgan fingerprint density at radius 3 is 2.19 bits per heavy atom. The number of carbonyl (C=O) groups excluding carboxylic acids is 1. The molecule has 0 atom stereocenters. The number of carbonyl (C=O) groups is 1. The molecule has 0 aliphatic rings. The number of para-hydroxylation sites is 1. The van der Waals surface area contributed by atoms with Crippen LogP contribution in [0.15, 0.2) is 47.4 Å². The van der Waals surface area contributed by atoms with Crippen molar-refractivity contribution in [3.63, 3.8) is 0 Å². The zero-order valence-electron chi connectivity index (χ0n) is 10.5. The Bertz CT molecular complexity index is 787. The number of primary sulfonamides is 1. The number of halogens is 2. The zero-order valence-corrected chi connectivity index (χ0v) is 12.8. The maximum Gasteiger partial charge on any atom is 0.255 e. The summed E-state index contributed by atoms with van der Waals surface area (Å²) in [6.45, 7) is 0. The topological polar surface area (TPSA) is 89.3 Å². The van der Waals surface area contributed by atoms with Gasteiger partial charge < -0.3 is 5.32 Å². The highest BCUT2D eigenvalue weighted by Gasteiger charge is 2.16. The molecule has 0 heterocycles. The Labute approximate surface area is 131 Å². The van der Waals surface area contributed by atoms with E-state index in [1.54, 1.807) is 6.07 Å². The van der Waals surface area contributed by atoms with Gasteiger partial charge in [-0.25, -0.2) is 13.6 Å². The van der Waals surface area contributed by atoms with Crippen LogP contribution in [-0.4, -0.2) is 14.3 Å². The summed E-state index contributed by atoms with van der Waals surface area (Å²) < 4.78 is 22.9. The van der Waals surface area contributed by atoms with E-state index in [9.17, 15) is 13.2 Å². The maximum atomic E-state index is 12.1. The van der Waals surface area contributed by atoms with Gasteiger partial charge in [-0.05, 0) is 30.3 Å². The SMILES string of the molecule is NS(=O)(=O)c1ccccc1NC(=O)c1cc(Cl)cc(Cl)c1. The smallest absolute Gasteiger partial charge is 0.255 e. The van der Waals surface area contributed by atoms with Gasteiger partial charge in [-0.3, -0.25) is 4.79 Å². The molecule has 0 aliphatic carbocycles. The summed E-state index contributed by atoms with van der Waals surface area (Å²) in [5, 5.41) is 8.17. The summed E-state index contributed by atoms with van der Waals surface area (Å²) in [5.74, 6) is -0.546. The van der Waals surface area contributed by atoms with Crippen molar-refractivity contribution >= 4 is 44.8 Å². The van der Waals surface area contributed by atoms with Crippen LogP contribution in [0.5, 0.6) is 0 Å². The van der Waals surface area contributed by atoms with Crippen LogP contribution in [0.25, 0.3) is 0 Å². The molecule has 8 heteroatoms. The van der Waals surface area contributed by atoms with Gasteiger partial charge in [0, 0.05) is 15.6 Å². The Hall–Kier alpha value is -1.60. The molecule has 2 rings (SSSR count). The van der Waals surface area contributed by atoms with Crippen LogP contribution in [0.1, 0.15) is 10.4 Å². The Morgan fingerprint density at radius 1 is 1.05 bits per heavy atom. The number of sulfonamides is 1. The van der Waals surface area contributed by atoms with Crippen molar-refractivity contribution < 1.29 is 13.2 Å². The molecule has 2 aromatic rings. The highest BCUT2D eigenvalue weighted by molar-refractivity contribution is 7.89. The lowest BCUT2D eigenvalue weighted by atomic mass is 10.2. The third kappa shape index (κ3) is 3.95. The molecule has 0 fully saturated rings. The summed E-state index contributed by atoms with van der Waals surface area (Å²) >= 11 is 11.6. The van der Waals surface area contributed by atoms with Crippen molar-refractivity contribution in [2.24, 2.45) is 5.14 Å². The summed E-state index contributed by atoms with van der Waals surface area (Å²) in [6.07, 6.45) is 0. The van der Waals surface area contributed by atoms with Crippen molar-refractivity contribution in [1.29, 1.82) is 0 Å². The number of nitrogens with two attached hydrogens (primary N) is 1. The predicted molar refractivity (Wildman–Crippen MR) is 82.2 cm³/mol. The fraction of sp³-hybridized carbons (Fsp3) is 0. The Kier molecular flexibility index (Phi) is 4.53. The van der Waals surface area contributed by atoms with E-state index in [1.807, 2.05) is 0 Å². The summed E-state index contributed by atoms with van der Waals surface area (Å²) in [4.78, 5) is 12.0. The minimum absolute atomic E-state index is 0.0843. The first-order valence-electron chi connectivity index (χ1n) is 5.66. The molecule has 21 heavy (non-hydrogen) atoms. The standard InChI is InChI=1S/C13H10Cl2N2O3S/c14-9-5-8(6-10(15)7-9)13(18)17-11-3-1-2-4-12(11)21(16,19)20/h1-7H,(H,17,18)(H2,16,19,20). The van der Waals surface area contributed by atoms with E-state index in [-0.39, 0.29) is 16.1 Å². The third-order valence-electron chi connectivity index (χ3n) is 2.57. The number of hydrogen-bond donors (Lipinski definition) is 2. The van der Waals surface area contributed by atoms with Gasteiger partial charge in [0.1, 0.15) is 4.90 Å². The fourth-order valence-corrected chi connectivity index (χ4v) is 2.92. The van der Waals surface area contributed by atoms with E-state index in [0.29, 0.717) is 10.0 Å². The van der Waals surface area contributed by atoms with E-state index < -0.39 is 15.9 Å². The lowest BCUT2D eigenvalue weighted by Crippen LogP contribution is -2.18. The molecular weight excluding hydrogens is 335 g/mol. The number of anilines is 1. The number of rotatable bonds is 3. The first kappa shape index (κ1) is 15.8. The van der Waals surface area contributed by atoms with Gasteiger partial charge in [-0.1, -0.05) is 35.3 Å². The third-order valence-corrected chi connectivity index (χ3v) is 3.97. The quantitative estimate of drug-likeness (QED) is 0.896. The van der Waals surface area contributed by atoms with Crippen LogP contribution >= 0.6 is 23.2 Å². The van der Waals surface area contributed by atoms with Crippen molar-refractivity contribution in [3.05, 3.63) is 58.1 Å². The average molecular weight is 345 g/mol. The van der Waals surface area contributed by atoms with Gasteiger partial charge in [-0.2, -0.15) is 0 Å². The molecule has 0 saturated carbocycles. The van der Waals surface area contributed by atoms with Gasteiger partial charge in [0.2, 0.25) is 10.0 Å². The molecule has 3 N–H and O–H groups in total. The van der Waals surface area contributed by atoms with Crippen LogP contribution < -0.4 is 10.5 Å². The van der Waals surface area contributed by atoms with Crippen molar-refractivity contribution in [2.45, 2.75) is 4.90 Å². The first-order valence-corrected chi connectivity index (χ1v) is 7.97. The fourth-order valence-electron chi connectivity index (χ4n) is 1.70. The highest BCUT2D eigenvalue weighted by Crippen LogP contribution is 2.22. The summed E-state index contributed by atoms with van der Waals surface area (Å²) in [6, 6.07) is 10.1. The van der Waals surface area contributed by atoms with E-state index in [0.717, 1.165) is 0 Å². The molecule has 5 nitrogen and oxygen atoms in total. The number of hydrogen-bond acceptors (Lipinski definition) is 3. The lowest BCUT2D eigenvalue weighted by molar-refractivity contribution is 0.102. The Balaban J connectivity index is 2.37. The molecule has 0 aromatic heterocycles. The van der Waals surface area contributed by atoms with Crippen LogP contribution in [0.4, 0.5) is 5.69 Å². The molecule has 0 aliphatic heterocycles. The largest absolute Gasteiger partial charge is 0.321 e. The second-order valence-electron chi connectivity index (χ2n) is 4.15. The molecule has 0 bridgehead atoms. The number of amides is 1.